The van der Waals surface area contributed by atoms with E-state index in [-0.39, 0.29) is 11.8 Å². The fourth-order valence-corrected chi connectivity index (χ4v) is 5.45. The molecule has 1 fully saturated rings. The Morgan fingerprint density at radius 1 is 1.16 bits per heavy atom. The molecule has 4 bridgehead atoms. The molecule has 1 saturated heterocycles. The van der Waals surface area contributed by atoms with Gasteiger partial charge < -0.3 is 19.5 Å². The first-order chi connectivity index (χ1) is 18.5. The summed E-state index contributed by atoms with van der Waals surface area (Å²) in [5, 5.41) is 11.9. The van der Waals surface area contributed by atoms with E-state index in [0.717, 1.165) is 42.1 Å². The van der Waals surface area contributed by atoms with E-state index in [2.05, 4.69) is 39.7 Å². The van der Waals surface area contributed by atoms with E-state index in [1.165, 1.54) is 0 Å². The van der Waals surface area contributed by atoms with Crippen LogP contribution in [-0.4, -0.2) is 67.5 Å². The van der Waals surface area contributed by atoms with Crippen LogP contribution in [0.25, 0.3) is 0 Å². The van der Waals surface area contributed by atoms with Crippen molar-refractivity contribution in [3.63, 3.8) is 0 Å². The van der Waals surface area contributed by atoms with Gasteiger partial charge in [-0.05, 0) is 37.0 Å². The molecule has 0 atom stereocenters. The Bertz CT molecular complexity index is 1230. The molecule has 10 nitrogen and oxygen atoms in total. The second-order valence-electron chi connectivity index (χ2n) is 10.3. The van der Waals surface area contributed by atoms with Gasteiger partial charge in [-0.15, -0.1) is 5.10 Å². The number of nitrogens with zero attached hydrogens (tertiary/aromatic N) is 6. The van der Waals surface area contributed by atoms with Crippen LogP contribution in [0.3, 0.4) is 0 Å². The first kappa shape index (κ1) is 25.9. The number of carbonyl (C=O) groups excluding carboxylic acids is 2. The predicted molar refractivity (Wildman–Crippen MR) is 141 cm³/mol. The standard InChI is InChI=1S/C28H37N7O3/c1-2-25-29-13-18-33(25)15-9-26(36)34-16-10-28(11-17-34)20-23-21-35(32-31-23)14-3-19-38-24-6-4-22(5-7-24)8-12-30-27(28)37/h4-7,13,18,21H,2-3,8-12,14-17,19-20H2,1H3,(H,30,37). The first-order valence-corrected chi connectivity index (χ1v) is 13.7. The maximum Gasteiger partial charge on any atom is 0.226 e. The van der Waals surface area contributed by atoms with Gasteiger partial charge in [-0.3, -0.25) is 14.3 Å². The van der Waals surface area contributed by atoms with Gasteiger partial charge in [-0.2, -0.15) is 0 Å². The third-order valence-electron chi connectivity index (χ3n) is 7.77. The fraction of sp³-hybridized carbons (Fsp3) is 0.536. The highest BCUT2D eigenvalue weighted by Crippen LogP contribution is 2.35. The Morgan fingerprint density at radius 2 is 1.97 bits per heavy atom. The number of fused-ring (bicyclic) bond motifs is 8. The van der Waals surface area contributed by atoms with Gasteiger partial charge in [0.2, 0.25) is 11.8 Å². The number of piperidine rings is 1. The molecule has 0 radical (unpaired) electrons. The van der Waals surface area contributed by atoms with Crippen molar-refractivity contribution in [3.05, 3.63) is 59.9 Å². The minimum absolute atomic E-state index is 0.0365. The van der Waals surface area contributed by atoms with Crippen LogP contribution in [0.2, 0.25) is 0 Å². The van der Waals surface area contributed by atoms with E-state index in [0.29, 0.717) is 65.0 Å². The Balaban J connectivity index is 1.26. The van der Waals surface area contributed by atoms with Crippen LogP contribution in [0, 0.1) is 5.41 Å². The largest absolute Gasteiger partial charge is 0.494 e. The van der Waals surface area contributed by atoms with Crippen molar-refractivity contribution < 1.29 is 14.3 Å². The lowest BCUT2D eigenvalue weighted by atomic mass is 9.74. The predicted octanol–water partition coefficient (Wildman–Crippen LogP) is 2.42. The molecule has 0 saturated carbocycles. The van der Waals surface area contributed by atoms with Crippen molar-refractivity contribution >= 4 is 11.8 Å². The molecule has 5 heterocycles. The highest BCUT2D eigenvalue weighted by molar-refractivity contribution is 5.84. The summed E-state index contributed by atoms with van der Waals surface area (Å²) in [5.74, 6) is 1.99. The lowest BCUT2D eigenvalue weighted by Crippen LogP contribution is -2.51. The molecule has 10 heteroatoms. The average Bonchev–Trinajstić information content (AvgIpc) is 3.59. The molecular weight excluding hydrogens is 482 g/mol. The number of ether oxygens (including phenoxy) is 1. The van der Waals surface area contributed by atoms with E-state index in [1.54, 1.807) is 6.20 Å². The monoisotopic (exact) mass is 519 g/mol. The summed E-state index contributed by atoms with van der Waals surface area (Å²) in [7, 11) is 0. The summed E-state index contributed by atoms with van der Waals surface area (Å²) in [6.45, 7) is 5.66. The second kappa shape index (κ2) is 11.8. The summed E-state index contributed by atoms with van der Waals surface area (Å²) >= 11 is 0. The van der Waals surface area contributed by atoms with Crippen molar-refractivity contribution in [2.24, 2.45) is 5.41 Å². The highest BCUT2D eigenvalue weighted by atomic mass is 16.5. The molecule has 3 aliphatic rings. The Kier molecular flexibility index (Phi) is 8.05. The molecule has 1 aromatic carbocycles. The molecule has 2 amide bonds. The topological polar surface area (TPSA) is 107 Å². The maximum absolute atomic E-state index is 13.6. The van der Waals surface area contributed by atoms with Gasteiger partial charge >= 0.3 is 0 Å². The zero-order valence-electron chi connectivity index (χ0n) is 22.1. The van der Waals surface area contributed by atoms with Crippen molar-refractivity contribution in [1.82, 2.24) is 34.8 Å². The van der Waals surface area contributed by atoms with Crippen molar-refractivity contribution in [1.29, 1.82) is 0 Å². The van der Waals surface area contributed by atoms with Gasteiger partial charge in [0.1, 0.15) is 11.6 Å². The number of aromatic nitrogens is 5. The number of rotatable bonds is 4. The fourth-order valence-electron chi connectivity index (χ4n) is 5.45. The quantitative estimate of drug-likeness (QED) is 0.567. The zero-order valence-corrected chi connectivity index (χ0v) is 22.1. The number of likely N-dealkylation sites (tertiary alicyclic amines) is 1. The van der Waals surface area contributed by atoms with Crippen molar-refractivity contribution in [2.45, 2.75) is 65.0 Å². The van der Waals surface area contributed by atoms with Gasteiger partial charge in [-0.1, -0.05) is 24.3 Å². The van der Waals surface area contributed by atoms with Crippen LogP contribution in [0.5, 0.6) is 5.75 Å². The Hall–Kier alpha value is -3.69. The number of amides is 2. The normalized spacial score (nSPS) is 18.1. The lowest BCUT2D eigenvalue weighted by Gasteiger charge is -2.40. The van der Waals surface area contributed by atoms with E-state index in [9.17, 15) is 9.59 Å². The summed E-state index contributed by atoms with van der Waals surface area (Å²) in [6.07, 6.45) is 10.2. The molecule has 6 rings (SSSR count). The Morgan fingerprint density at radius 3 is 2.76 bits per heavy atom. The van der Waals surface area contributed by atoms with Crippen LogP contribution in [-0.2, 0) is 41.9 Å². The van der Waals surface area contributed by atoms with Gasteiger partial charge in [0.25, 0.3) is 0 Å². The summed E-state index contributed by atoms with van der Waals surface area (Å²) < 4.78 is 9.72. The van der Waals surface area contributed by atoms with Crippen LogP contribution >= 0.6 is 0 Å². The van der Waals surface area contributed by atoms with Gasteiger partial charge in [0.15, 0.2) is 0 Å². The molecule has 38 heavy (non-hydrogen) atoms. The van der Waals surface area contributed by atoms with E-state index in [4.69, 9.17) is 4.74 Å². The van der Waals surface area contributed by atoms with Gasteiger partial charge in [-0.25, -0.2) is 4.98 Å². The summed E-state index contributed by atoms with van der Waals surface area (Å²) in [4.78, 5) is 32.9. The van der Waals surface area contributed by atoms with Crippen LogP contribution in [0.4, 0.5) is 0 Å². The average molecular weight is 520 g/mol. The third kappa shape index (κ3) is 6.06. The number of benzene rings is 1. The molecule has 0 aliphatic carbocycles. The Labute approximate surface area is 223 Å². The number of hydrogen-bond donors (Lipinski definition) is 1. The minimum Gasteiger partial charge on any atom is -0.494 e. The minimum atomic E-state index is -0.613. The van der Waals surface area contributed by atoms with Crippen LogP contribution < -0.4 is 10.1 Å². The molecule has 202 valence electrons. The number of nitrogens with one attached hydrogen (secondary N) is 1. The number of imidazole rings is 1. The summed E-state index contributed by atoms with van der Waals surface area (Å²) in [5.41, 5.74) is 1.35. The number of aryl methyl sites for hydroxylation is 3. The highest BCUT2D eigenvalue weighted by Gasteiger charge is 2.42. The summed E-state index contributed by atoms with van der Waals surface area (Å²) in [6, 6.07) is 8.06. The third-order valence-corrected chi connectivity index (χ3v) is 7.77. The van der Waals surface area contributed by atoms with Crippen molar-refractivity contribution in [2.75, 3.05) is 26.2 Å². The smallest absolute Gasteiger partial charge is 0.226 e. The molecule has 3 aromatic rings. The maximum atomic E-state index is 13.6. The molecule has 3 aliphatic heterocycles. The molecule has 2 aromatic heterocycles. The second-order valence-corrected chi connectivity index (χ2v) is 10.3. The molecule has 1 spiro atoms. The first-order valence-electron chi connectivity index (χ1n) is 13.7. The van der Waals surface area contributed by atoms with Gasteiger partial charge in [0, 0.05) is 77.0 Å². The van der Waals surface area contributed by atoms with E-state index >= 15 is 0 Å². The van der Waals surface area contributed by atoms with Crippen LogP contribution in [0.1, 0.15) is 49.7 Å². The molecule has 1 N–H and O–H groups in total. The van der Waals surface area contributed by atoms with Crippen molar-refractivity contribution in [3.8, 4) is 5.75 Å². The molecular formula is C28H37N7O3. The van der Waals surface area contributed by atoms with E-state index in [1.807, 2.05) is 38.7 Å². The van der Waals surface area contributed by atoms with Gasteiger partial charge in [0.05, 0.1) is 17.7 Å². The number of hydrogen-bond acceptors (Lipinski definition) is 6. The molecule has 0 unspecified atom stereocenters. The zero-order chi connectivity index (χ0) is 26.4. The van der Waals surface area contributed by atoms with Crippen LogP contribution in [0.15, 0.2) is 42.9 Å². The number of carbonyl (C=O) groups is 2. The van der Waals surface area contributed by atoms with E-state index < -0.39 is 5.41 Å². The lowest BCUT2D eigenvalue weighted by molar-refractivity contribution is -0.140. The SMILES string of the molecule is CCc1nccn1CCC(=O)N1CCC2(CC1)Cc1cn(nn1)CCCOc1ccc(cc1)CCNC2=O.